The molecule has 2 saturated heterocycles. The van der Waals surface area contributed by atoms with E-state index in [4.69, 9.17) is 51.6 Å². The van der Waals surface area contributed by atoms with E-state index in [0.29, 0.717) is 24.3 Å². The van der Waals surface area contributed by atoms with E-state index in [0.717, 1.165) is 36.4 Å². The zero-order valence-electron chi connectivity index (χ0n) is 50.0. The number of carboxylic acids is 2. The molecule has 0 saturated carbocycles. The quantitative estimate of drug-likeness (QED) is 0.0603. The van der Waals surface area contributed by atoms with Gasteiger partial charge in [0, 0.05) is 46.9 Å². The number of carbonyl (C=O) groups is 2. The highest BCUT2D eigenvalue weighted by Gasteiger charge is 2.41. The van der Waals surface area contributed by atoms with Crippen LogP contribution in [0.25, 0.3) is 44.6 Å². The largest absolute Gasteiger partial charge is 0.481 e. The van der Waals surface area contributed by atoms with Gasteiger partial charge >= 0.3 is 11.9 Å². The molecule has 0 radical (unpaired) electrons. The number of methoxy groups -OCH3 is 2. The van der Waals surface area contributed by atoms with Gasteiger partial charge in [0.15, 0.2) is 11.6 Å². The Bertz CT molecular complexity index is 4250. The van der Waals surface area contributed by atoms with Crippen LogP contribution in [0.15, 0.2) is 109 Å². The van der Waals surface area contributed by atoms with E-state index in [1.165, 1.54) is 38.5 Å². The predicted octanol–water partition coefficient (Wildman–Crippen LogP) is 14.1. The van der Waals surface area contributed by atoms with E-state index in [-0.39, 0.29) is 164 Å². The molecule has 0 aliphatic carbocycles. The number of nitrogens with zero attached hydrogens (tertiary/aromatic N) is 8. The van der Waals surface area contributed by atoms with Crippen molar-refractivity contribution in [3.63, 3.8) is 0 Å². The van der Waals surface area contributed by atoms with Crippen LogP contribution < -0.4 is 18.9 Å². The lowest BCUT2D eigenvalue weighted by atomic mass is 9.87. The van der Waals surface area contributed by atoms with Crippen LogP contribution in [-0.4, -0.2) is 102 Å². The molecule has 12 rings (SSSR count). The fourth-order valence-corrected chi connectivity index (χ4v) is 11.5. The number of hydrogen-bond acceptors (Lipinski definition) is 14. The number of imidazole rings is 2. The topological polar surface area (TPSA) is 217 Å². The Hall–Kier alpha value is -9.36. The first-order chi connectivity index (χ1) is 43.9. The molecule has 2 fully saturated rings. The summed E-state index contributed by atoms with van der Waals surface area (Å²) in [5.41, 5.74) is 0.259. The van der Waals surface area contributed by atoms with Crippen molar-refractivity contribution in [2.45, 2.75) is 65.8 Å². The summed E-state index contributed by atoms with van der Waals surface area (Å²) in [4.78, 5) is 49.2. The van der Waals surface area contributed by atoms with E-state index in [2.05, 4.69) is 29.9 Å². The number of rotatable bonds is 18. The van der Waals surface area contributed by atoms with Gasteiger partial charge < -0.3 is 47.8 Å². The van der Waals surface area contributed by atoms with Crippen molar-refractivity contribution in [2.24, 2.45) is 10.8 Å². The summed E-state index contributed by atoms with van der Waals surface area (Å²) in [6, 6.07) is 23.9. The van der Waals surface area contributed by atoms with Crippen LogP contribution in [0.2, 0.25) is 10.3 Å². The lowest BCUT2D eigenvalue weighted by molar-refractivity contribution is 0.0686. The Balaban J connectivity index is 0.000000188. The highest BCUT2D eigenvalue weighted by Crippen LogP contribution is 2.43. The van der Waals surface area contributed by atoms with Gasteiger partial charge in [0.2, 0.25) is 23.5 Å². The Labute approximate surface area is 531 Å². The monoisotopic (exact) mass is 1300 g/mol. The summed E-state index contributed by atoms with van der Waals surface area (Å²) in [6.45, 7) is 9.22. The van der Waals surface area contributed by atoms with E-state index in [1.54, 1.807) is 57.7 Å². The van der Waals surface area contributed by atoms with Crippen molar-refractivity contribution >= 4 is 57.2 Å². The number of aromatic carboxylic acids is 2. The molecule has 26 heteroatoms. The summed E-state index contributed by atoms with van der Waals surface area (Å²) in [7, 11) is 2.91. The van der Waals surface area contributed by atoms with Crippen LogP contribution in [0.5, 0.6) is 23.5 Å². The van der Waals surface area contributed by atoms with Gasteiger partial charge in [-0.2, -0.15) is 0 Å². The van der Waals surface area contributed by atoms with E-state index in [9.17, 15) is 19.8 Å². The number of hydrogen-bond donors (Lipinski definition) is 2. The molecule has 18 nitrogen and oxygen atoms in total. The van der Waals surface area contributed by atoms with Gasteiger partial charge in [-0.25, -0.2) is 65.8 Å². The number of halogens is 8. The van der Waals surface area contributed by atoms with Crippen LogP contribution in [0, 0.1) is 45.7 Å². The average molecular weight is 1310 g/mol. The molecule has 4 aromatic carbocycles. The van der Waals surface area contributed by atoms with Gasteiger partial charge in [0.25, 0.3) is 0 Å². The summed E-state index contributed by atoms with van der Waals surface area (Å²) in [5, 5.41) is 19.6. The van der Waals surface area contributed by atoms with Crippen LogP contribution in [0.4, 0.5) is 26.3 Å². The molecule has 0 amide bonds. The fourth-order valence-electron chi connectivity index (χ4n) is 11.2. The molecule has 2 aliphatic rings. The Morgan fingerprint density at radius 1 is 0.522 bits per heavy atom. The van der Waals surface area contributed by atoms with Crippen molar-refractivity contribution in [2.75, 3.05) is 40.6 Å². The van der Waals surface area contributed by atoms with Gasteiger partial charge in [0.05, 0.1) is 97.4 Å². The normalized spacial score (nSPS) is 15.8. The number of ether oxygens (including phenoxy) is 6. The van der Waals surface area contributed by atoms with Crippen molar-refractivity contribution in [1.29, 1.82) is 0 Å². The summed E-state index contributed by atoms with van der Waals surface area (Å²) in [5.74, 6) is -5.80. The maximum atomic E-state index is 15.7. The highest BCUT2D eigenvalue weighted by molar-refractivity contribution is 6.29. The molecule has 0 spiro atoms. The predicted molar refractivity (Wildman–Crippen MR) is 326 cm³/mol. The maximum absolute atomic E-state index is 15.7. The zero-order chi connectivity index (χ0) is 65.5. The van der Waals surface area contributed by atoms with Gasteiger partial charge in [-0.15, -0.1) is 0 Å². The maximum Gasteiger partial charge on any atom is 0.335 e. The molecule has 2 aliphatic heterocycles. The lowest BCUT2D eigenvalue weighted by Crippen LogP contribution is -2.27. The number of carboxylic acid groups (broad SMARTS) is 2. The minimum absolute atomic E-state index is 0.0249. The smallest absolute Gasteiger partial charge is 0.335 e. The first kappa shape index (κ1) is 64.2. The highest BCUT2D eigenvalue weighted by atomic mass is 35.5. The van der Waals surface area contributed by atoms with Gasteiger partial charge in [-0.3, -0.25) is 0 Å². The lowest BCUT2D eigenvalue weighted by Gasteiger charge is -2.28. The second-order valence-corrected chi connectivity index (χ2v) is 24.0. The third-order valence-electron chi connectivity index (χ3n) is 16.0. The Morgan fingerprint density at radius 2 is 0.924 bits per heavy atom. The van der Waals surface area contributed by atoms with Gasteiger partial charge in [0.1, 0.15) is 69.5 Å². The van der Waals surface area contributed by atoms with Crippen molar-refractivity contribution in [3.05, 3.63) is 199 Å². The third kappa shape index (κ3) is 13.2. The molecular weight excluding hydrogens is 1250 g/mol. The van der Waals surface area contributed by atoms with Crippen molar-refractivity contribution in [1.82, 2.24) is 39.0 Å². The Kier molecular flexibility index (Phi) is 18.2. The minimum atomic E-state index is -1.30. The first-order valence-electron chi connectivity index (χ1n) is 28.5. The summed E-state index contributed by atoms with van der Waals surface area (Å²) < 4.78 is 130. The molecule has 2 N–H and O–H groups in total. The Morgan fingerprint density at radius 3 is 1.28 bits per heavy atom. The molecule has 10 aromatic rings. The van der Waals surface area contributed by atoms with Crippen molar-refractivity contribution in [3.8, 4) is 46.0 Å². The number of aromatic nitrogens is 8. The summed E-state index contributed by atoms with van der Waals surface area (Å²) in [6.07, 6.45) is -0.390. The van der Waals surface area contributed by atoms with Crippen LogP contribution in [0.1, 0.15) is 94.4 Å². The van der Waals surface area contributed by atoms with E-state index < -0.39 is 57.7 Å². The molecular formula is C66H56Cl2F6N8O10. The molecule has 476 valence electrons. The minimum Gasteiger partial charge on any atom is -0.481 e. The standard InChI is InChI=1S/2C33H28ClF3N4O5/c2*1-33(2)16-45-15-26(33)41-25-11-19(32(42)43)10-23(37)30(25)40-28(41)12-18-9-22(36)20(13-21(18)35)24-5-4-6-29(38-24)46-14-17-7-8-27(34)39-31(17)44-3/h2*4-11,13,26H,12,14-16H2,1-3H3,(H,42,43). The first-order valence-corrected chi connectivity index (χ1v) is 29.2. The molecule has 2 atom stereocenters. The molecule has 6 aromatic heterocycles. The molecule has 92 heavy (non-hydrogen) atoms. The van der Waals surface area contributed by atoms with E-state index in [1.807, 2.05) is 27.7 Å². The van der Waals surface area contributed by atoms with Gasteiger partial charge in [-0.05, 0) is 96.1 Å². The molecule has 8 heterocycles. The fraction of sp³-hybridized carbons (Fsp3) is 0.273. The van der Waals surface area contributed by atoms with E-state index >= 15 is 26.3 Å². The number of benzene rings is 4. The molecule has 2 unspecified atom stereocenters. The van der Waals surface area contributed by atoms with Crippen LogP contribution in [-0.2, 0) is 35.5 Å². The average Bonchev–Trinajstić information content (AvgIpc) is 1.61. The van der Waals surface area contributed by atoms with Gasteiger partial charge in [-0.1, -0.05) is 63.0 Å². The third-order valence-corrected chi connectivity index (χ3v) is 16.4. The number of pyridine rings is 4. The zero-order valence-corrected chi connectivity index (χ0v) is 51.5. The molecule has 0 bridgehead atoms. The van der Waals surface area contributed by atoms with Crippen LogP contribution >= 0.6 is 23.2 Å². The van der Waals surface area contributed by atoms with Crippen LogP contribution in [0.3, 0.4) is 0 Å². The number of fused-ring (bicyclic) bond motifs is 2. The SMILES string of the molecule is COc1nc(Cl)ccc1COc1cccc(-c2cc(F)c(Cc3nc4c(F)cc(C(=O)O)cc4n3C3COCC3(C)C)cc2F)n1.COc1nc(Cl)ccc1COc1cccc(-c2cc(F)c(Cc3nc4c(F)cc(C(=O)O)cc4n3C3COCC3(C)C)cc2F)n1. The second kappa shape index (κ2) is 26.1. The second-order valence-electron chi connectivity index (χ2n) is 23.2. The summed E-state index contributed by atoms with van der Waals surface area (Å²) >= 11 is 11.8. The van der Waals surface area contributed by atoms with Crippen molar-refractivity contribution < 1.29 is 74.6 Å².